The van der Waals surface area contributed by atoms with Gasteiger partial charge in [-0.15, -0.1) is 0 Å². The maximum Gasteiger partial charge on any atom is 0.293 e. The van der Waals surface area contributed by atoms with Gasteiger partial charge < -0.3 is 4.90 Å². The maximum atomic E-state index is 4.84. The lowest BCUT2D eigenvalue weighted by Crippen LogP contribution is -2.62. The number of rotatable bonds is 2. The molecule has 4 aliphatic carbocycles. The number of nitrogens with zero attached hydrogens (tertiary/aromatic N) is 3. The van der Waals surface area contributed by atoms with E-state index in [2.05, 4.69) is 92.8 Å². The first-order chi connectivity index (χ1) is 21.3. The molecule has 3 aromatic carbocycles. The molecule has 1 atom stereocenters. The van der Waals surface area contributed by atoms with Gasteiger partial charge in [-0.25, -0.2) is 0 Å². The SMILES string of the molecule is CC1=CC(C)=[N+](C2CCCCC2)C2(c3ccc4cc(C)cc5c4c3-c3c(cc4ccncc4c32)C5(C)C)N1C1CCCCC1. The van der Waals surface area contributed by atoms with E-state index in [1.165, 1.54) is 136 Å². The van der Waals surface area contributed by atoms with E-state index >= 15 is 0 Å². The molecular formula is C41H46N3+. The van der Waals surface area contributed by atoms with Crippen molar-refractivity contribution in [3.63, 3.8) is 0 Å². The van der Waals surface area contributed by atoms with Gasteiger partial charge in [0.15, 0.2) is 11.8 Å². The van der Waals surface area contributed by atoms with Crippen LogP contribution in [0.4, 0.5) is 0 Å². The third-order valence-corrected chi connectivity index (χ3v) is 12.3. The number of pyridine rings is 1. The molecule has 4 aromatic rings. The predicted octanol–water partition coefficient (Wildman–Crippen LogP) is 9.88. The Morgan fingerprint density at radius 3 is 2.30 bits per heavy atom. The molecule has 9 rings (SSSR count). The standard InChI is InChI=1S/C41H46N3/c1-25-20-29-16-17-33-37-36(29)34(21-25)40(4,5)35-23-28-18-19-42-24-32(28)39(38(35)37)41(33)43(30-12-8-6-9-13-30)26(2)22-27(3)44(41)31-14-10-7-11-15-31/h16-24,30-31H,6-15H2,1-5H3/q+1. The van der Waals surface area contributed by atoms with E-state index in [9.17, 15) is 0 Å². The molecular weight excluding hydrogens is 534 g/mol. The minimum Gasteiger partial charge on any atom is -0.305 e. The second-order valence-corrected chi connectivity index (χ2v) is 15.2. The molecule has 224 valence electrons. The molecule has 2 fully saturated rings. The molecule has 1 unspecified atom stereocenters. The Morgan fingerprint density at radius 2 is 1.52 bits per heavy atom. The van der Waals surface area contributed by atoms with Gasteiger partial charge in [-0.2, -0.15) is 4.58 Å². The Bertz CT molecular complexity index is 1950. The largest absolute Gasteiger partial charge is 0.305 e. The highest BCUT2D eigenvalue weighted by molar-refractivity contribution is 6.12. The Balaban J connectivity index is 1.52. The molecule has 0 amide bonds. The molecule has 0 radical (unpaired) electrons. The van der Waals surface area contributed by atoms with Crippen LogP contribution in [0.1, 0.15) is 120 Å². The fourth-order valence-electron chi connectivity index (χ4n) is 10.6. The molecule has 3 nitrogen and oxygen atoms in total. The zero-order chi connectivity index (χ0) is 30.0. The van der Waals surface area contributed by atoms with Crippen LogP contribution < -0.4 is 0 Å². The molecule has 1 aliphatic heterocycles. The Hall–Kier alpha value is -3.46. The van der Waals surface area contributed by atoms with Crippen LogP contribution in [-0.4, -0.2) is 32.3 Å². The van der Waals surface area contributed by atoms with Crippen molar-refractivity contribution in [3.8, 4) is 11.1 Å². The fraction of sp³-hybridized carbons (Fsp3) is 0.463. The Labute approximate surface area is 262 Å². The summed E-state index contributed by atoms with van der Waals surface area (Å²) in [6, 6.07) is 15.8. The molecule has 0 N–H and O–H groups in total. The molecule has 0 bridgehead atoms. The lowest BCUT2D eigenvalue weighted by Gasteiger charge is -2.50. The number of hydrogen-bond acceptors (Lipinski definition) is 2. The third-order valence-electron chi connectivity index (χ3n) is 12.3. The number of aromatic nitrogens is 1. The van der Waals surface area contributed by atoms with Gasteiger partial charge in [0.25, 0.3) is 5.66 Å². The molecule has 2 saturated carbocycles. The van der Waals surface area contributed by atoms with Crippen molar-refractivity contribution in [2.75, 3.05) is 0 Å². The van der Waals surface area contributed by atoms with Crippen molar-refractivity contribution >= 4 is 27.3 Å². The quantitative estimate of drug-likeness (QED) is 0.220. The molecule has 44 heavy (non-hydrogen) atoms. The predicted molar refractivity (Wildman–Crippen MR) is 183 cm³/mol. The number of aryl methyl sites for hydroxylation is 1. The van der Waals surface area contributed by atoms with Crippen molar-refractivity contribution in [1.29, 1.82) is 0 Å². The zero-order valence-corrected chi connectivity index (χ0v) is 27.3. The van der Waals surface area contributed by atoms with Gasteiger partial charge in [-0.05, 0) is 85.0 Å². The van der Waals surface area contributed by atoms with Gasteiger partial charge >= 0.3 is 0 Å². The number of benzene rings is 3. The smallest absolute Gasteiger partial charge is 0.293 e. The Kier molecular flexibility index (Phi) is 5.68. The summed E-state index contributed by atoms with van der Waals surface area (Å²) in [5.74, 6) is 0. The van der Waals surface area contributed by atoms with E-state index in [4.69, 9.17) is 4.98 Å². The second kappa shape index (κ2) is 9.28. The molecule has 0 saturated heterocycles. The average molecular weight is 581 g/mol. The lowest BCUT2D eigenvalue weighted by atomic mass is 9.67. The molecule has 5 aliphatic rings. The van der Waals surface area contributed by atoms with Crippen molar-refractivity contribution in [3.05, 3.63) is 88.4 Å². The zero-order valence-electron chi connectivity index (χ0n) is 27.3. The first kappa shape index (κ1) is 26.9. The summed E-state index contributed by atoms with van der Waals surface area (Å²) < 4.78 is 2.96. The summed E-state index contributed by atoms with van der Waals surface area (Å²) in [6.07, 6.45) is 19.9. The van der Waals surface area contributed by atoms with Gasteiger partial charge in [0.1, 0.15) is 0 Å². The van der Waals surface area contributed by atoms with Crippen molar-refractivity contribution < 1.29 is 4.58 Å². The normalized spacial score (nSPS) is 24.6. The lowest BCUT2D eigenvalue weighted by molar-refractivity contribution is -0.668. The molecule has 2 heterocycles. The van der Waals surface area contributed by atoms with Gasteiger partial charge in [0.2, 0.25) is 0 Å². The van der Waals surface area contributed by atoms with Crippen LogP contribution >= 0.6 is 0 Å². The monoisotopic (exact) mass is 580 g/mol. The highest BCUT2D eigenvalue weighted by Gasteiger charge is 2.64. The van der Waals surface area contributed by atoms with Crippen molar-refractivity contribution in [2.45, 2.75) is 122 Å². The maximum absolute atomic E-state index is 4.84. The third kappa shape index (κ3) is 3.29. The molecule has 1 spiro atoms. The van der Waals surface area contributed by atoms with E-state index in [1.807, 2.05) is 6.20 Å². The highest BCUT2D eigenvalue weighted by atomic mass is 15.4. The van der Waals surface area contributed by atoms with E-state index in [0.717, 1.165) is 0 Å². The van der Waals surface area contributed by atoms with Gasteiger partial charge in [0, 0.05) is 71.9 Å². The van der Waals surface area contributed by atoms with E-state index in [-0.39, 0.29) is 11.1 Å². The average Bonchev–Trinajstić information content (AvgIpc) is 3.31. The summed E-state index contributed by atoms with van der Waals surface area (Å²) in [6.45, 7) is 12.1. The van der Waals surface area contributed by atoms with Gasteiger partial charge in [-0.1, -0.05) is 63.3 Å². The second-order valence-electron chi connectivity index (χ2n) is 15.2. The summed E-state index contributed by atoms with van der Waals surface area (Å²) in [4.78, 5) is 7.81. The van der Waals surface area contributed by atoms with Crippen LogP contribution in [-0.2, 0) is 11.1 Å². The summed E-state index contributed by atoms with van der Waals surface area (Å²) in [7, 11) is 0. The molecule has 3 heteroatoms. The van der Waals surface area contributed by atoms with Crippen molar-refractivity contribution in [1.82, 2.24) is 9.88 Å². The van der Waals surface area contributed by atoms with E-state index < -0.39 is 0 Å². The van der Waals surface area contributed by atoms with Crippen LogP contribution in [0.5, 0.6) is 0 Å². The van der Waals surface area contributed by atoms with E-state index in [1.54, 1.807) is 0 Å². The molecule has 1 aromatic heterocycles. The van der Waals surface area contributed by atoms with Crippen LogP contribution in [0.3, 0.4) is 0 Å². The Morgan fingerprint density at radius 1 is 0.773 bits per heavy atom. The van der Waals surface area contributed by atoms with Crippen LogP contribution in [0.25, 0.3) is 32.7 Å². The highest BCUT2D eigenvalue weighted by Crippen LogP contribution is 2.64. The van der Waals surface area contributed by atoms with Gasteiger partial charge in [-0.3, -0.25) is 4.98 Å². The van der Waals surface area contributed by atoms with Crippen LogP contribution in [0, 0.1) is 6.92 Å². The number of fused-ring (bicyclic) bond motifs is 4. The summed E-state index contributed by atoms with van der Waals surface area (Å²) >= 11 is 0. The minimum atomic E-state index is -0.383. The van der Waals surface area contributed by atoms with Crippen molar-refractivity contribution in [2.24, 2.45) is 0 Å². The summed E-state index contributed by atoms with van der Waals surface area (Å²) in [5, 5.41) is 5.55. The minimum absolute atomic E-state index is 0.105. The van der Waals surface area contributed by atoms with Crippen LogP contribution in [0.2, 0.25) is 0 Å². The number of allylic oxidation sites excluding steroid dienone is 2. The topological polar surface area (TPSA) is 19.1 Å². The first-order valence-corrected chi connectivity index (χ1v) is 17.4. The number of hydrogen-bond donors (Lipinski definition) is 0. The van der Waals surface area contributed by atoms with Crippen LogP contribution in [0.15, 0.2) is 60.6 Å². The first-order valence-electron chi connectivity index (χ1n) is 17.4. The summed E-state index contributed by atoms with van der Waals surface area (Å²) in [5.41, 5.74) is 12.8. The fourth-order valence-corrected chi connectivity index (χ4v) is 10.6. The van der Waals surface area contributed by atoms with Gasteiger partial charge in [0.05, 0.1) is 11.1 Å². The van der Waals surface area contributed by atoms with E-state index in [0.29, 0.717) is 12.1 Å².